The number of carbonyl (C=O) groups excluding carboxylic acids is 2. The Hall–Kier alpha value is -4.72. The van der Waals surface area contributed by atoms with Crippen LogP contribution in [0.5, 0.6) is 23.0 Å². The Labute approximate surface area is 207 Å². The fourth-order valence-corrected chi connectivity index (χ4v) is 3.58. The van der Waals surface area contributed by atoms with Crippen molar-refractivity contribution in [2.75, 3.05) is 13.6 Å². The van der Waals surface area contributed by atoms with E-state index in [1.807, 2.05) is 36.4 Å². The lowest BCUT2D eigenvalue weighted by Gasteiger charge is -2.06. The number of hydrogen-bond donors (Lipinski definition) is 0. The maximum Gasteiger partial charge on any atom is 0.331 e. The van der Waals surface area contributed by atoms with E-state index in [-0.39, 0.29) is 26.8 Å². The van der Waals surface area contributed by atoms with Gasteiger partial charge >= 0.3 is 11.9 Å². The van der Waals surface area contributed by atoms with Gasteiger partial charge in [-0.2, -0.15) is 0 Å². The van der Waals surface area contributed by atoms with Crippen LogP contribution in [0.15, 0.2) is 72.8 Å². The monoisotopic (exact) mass is 486 g/mol. The normalized spacial score (nSPS) is 13.3. The van der Waals surface area contributed by atoms with E-state index in [9.17, 15) is 9.59 Å². The first-order valence-electron chi connectivity index (χ1n) is 11.2. The van der Waals surface area contributed by atoms with Crippen molar-refractivity contribution in [1.29, 1.82) is 0 Å². The highest BCUT2D eigenvalue weighted by Crippen LogP contribution is 2.33. The van der Waals surface area contributed by atoms with Gasteiger partial charge in [-0.05, 0) is 64.7 Å². The van der Waals surface area contributed by atoms with E-state index >= 15 is 0 Å². The first-order chi connectivity index (χ1) is 17.6. The zero-order chi connectivity index (χ0) is 24.7. The number of carbonyl (C=O) groups is 2. The molecule has 182 valence electrons. The molecule has 0 radical (unpaired) electrons. The molecule has 0 saturated heterocycles. The van der Waals surface area contributed by atoms with Crippen molar-refractivity contribution in [3.8, 4) is 23.0 Å². The van der Waals surface area contributed by atoms with Crippen LogP contribution in [0, 0.1) is 0 Å². The number of benzene rings is 3. The Morgan fingerprint density at radius 2 is 1.11 bits per heavy atom. The van der Waals surface area contributed by atoms with E-state index in [2.05, 4.69) is 0 Å². The van der Waals surface area contributed by atoms with E-state index in [1.165, 1.54) is 12.2 Å². The third-order valence-electron chi connectivity index (χ3n) is 5.37. The van der Waals surface area contributed by atoms with Gasteiger partial charge in [-0.15, -0.1) is 0 Å². The molecule has 0 saturated carbocycles. The standard InChI is InChI=1S/C28H22O8/c29-27(10-6-19-4-8-23-25(13-19)35-17-33-23)31-15-21-2-1-3-22(12-21)16-32-28(30)11-7-20-5-9-24-26(14-20)36-18-34-24/h1-14H,15-18H2. The summed E-state index contributed by atoms with van der Waals surface area (Å²) in [6.07, 6.45) is 6.01. The van der Waals surface area contributed by atoms with Gasteiger partial charge in [0.05, 0.1) is 0 Å². The lowest BCUT2D eigenvalue weighted by molar-refractivity contribution is -0.139. The van der Waals surface area contributed by atoms with Crippen LogP contribution in [0.3, 0.4) is 0 Å². The molecule has 8 heteroatoms. The van der Waals surface area contributed by atoms with Crippen molar-refractivity contribution >= 4 is 24.1 Å². The van der Waals surface area contributed by atoms with Crippen LogP contribution in [0.4, 0.5) is 0 Å². The molecule has 2 aliphatic rings. The van der Waals surface area contributed by atoms with Crippen LogP contribution in [-0.2, 0) is 32.3 Å². The second-order valence-corrected chi connectivity index (χ2v) is 7.93. The molecular weight excluding hydrogens is 464 g/mol. The zero-order valence-electron chi connectivity index (χ0n) is 19.2. The highest BCUT2D eigenvalue weighted by atomic mass is 16.7. The summed E-state index contributed by atoms with van der Waals surface area (Å²) in [6, 6.07) is 18.1. The number of rotatable bonds is 8. The second-order valence-electron chi connectivity index (χ2n) is 7.93. The predicted octanol–water partition coefficient (Wildman–Crippen LogP) is 4.66. The summed E-state index contributed by atoms with van der Waals surface area (Å²) in [5, 5.41) is 0. The first-order valence-corrected chi connectivity index (χ1v) is 11.2. The van der Waals surface area contributed by atoms with E-state index < -0.39 is 11.9 Å². The van der Waals surface area contributed by atoms with E-state index in [0.717, 1.165) is 22.3 Å². The quantitative estimate of drug-likeness (QED) is 0.336. The summed E-state index contributed by atoms with van der Waals surface area (Å²) >= 11 is 0. The van der Waals surface area contributed by atoms with Crippen LogP contribution >= 0.6 is 0 Å². The van der Waals surface area contributed by atoms with Gasteiger partial charge in [0.1, 0.15) is 13.2 Å². The van der Waals surface area contributed by atoms with Gasteiger partial charge in [-0.25, -0.2) is 9.59 Å². The Morgan fingerprint density at radius 3 is 1.61 bits per heavy atom. The largest absolute Gasteiger partial charge is 0.458 e. The Morgan fingerprint density at radius 1 is 0.639 bits per heavy atom. The molecule has 0 spiro atoms. The molecule has 36 heavy (non-hydrogen) atoms. The number of hydrogen-bond acceptors (Lipinski definition) is 8. The van der Waals surface area contributed by atoms with Gasteiger partial charge in [0.25, 0.3) is 0 Å². The highest BCUT2D eigenvalue weighted by Gasteiger charge is 2.13. The van der Waals surface area contributed by atoms with Crippen molar-refractivity contribution < 1.29 is 38.0 Å². The Balaban J connectivity index is 1.08. The third kappa shape index (κ3) is 5.85. The van der Waals surface area contributed by atoms with Crippen LogP contribution < -0.4 is 18.9 Å². The van der Waals surface area contributed by atoms with Crippen LogP contribution in [0.1, 0.15) is 22.3 Å². The van der Waals surface area contributed by atoms with Gasteiger partial charge in [0.2, 0.25) is 13.6 Å². The van der Waals surface area contributed by atoms with E-state index in [1.54, 1.807) is 36.4 Å². The lowest BCUT2D eigenvalue weighted by Crippen LogP contribution is -2.03. The summed E-state index contributed by atoms with van der Waals surface area (Å²) in [5.74, 6) is 1.70. The first kappa shape index (κ1) is 23.0. The number of fused-ring (bicyclic) bond motifs is 2. The smallest absolute Gasteiger partial charge is 0.331 e. The molecule has 0 fully saturated rings. The summed E-state index contributed by atoms with van der Waals surface area (Å²) in [7, 11) is 0. The molecule has 2 aliphatic heterocycles. The molecule has 2 heterocycles. The molecule has 3 aromatic rings. The fraction of sp³-hybridized carbons (Fsp3) is 0.143. The Kier molecular flexibility index (Phi) is 6.84. The summed E-state index contributed by atoms with van der Waals surface area (Å²) in [4.78, 5) is 24.2. The molecule has 0 aliphatic carbocycles. The predicted molar refractivity (Wildman–Crippen MR) is 129 cm³/mol. The molecule has 0 N–H and O–H groups in total. The van der Waals surface area contributed by atoms with Gasteiger partial charge in [0, 0.05) is 12.2 Å². The van der Waals surface area contributed by atoms with Crippen LogP contribution in [0.2, 0.25) is 0 Å². The topological polar surface area (TPSA) is 89.5 Å². The minimum Gasteiger partial charge on any atom is -0.458 e. The molecule has 0 unspecified atom stereocenters. The lowest BCUT2D eigenvalue weighted by atomic mass is 10.1. The summed E-state index contributed by atoms with van der Waals surface area (Å²) < 4.78 is 31.9. The minimum absolute atomic E-state index is 0.0934. The summed E-state index contributed by atoms with van der Waals surface area (Å²) in [5.41, 5.74) is 3.16. The number of esters is 2. The SMILES string of the molecule is O=C(C=Cc1ccc2c(c1)OCO2)OCc1cccc(COC(=O)C=Cc2ccc3c(c2)OCO3)c1. The Bertz CT molecular complexity index is 1240. The molecule has 0 aromatic heterocycles. The zero-order valence-corrected chi connectivity index (χ0v) is 19.2. The summed E-state index contributed by atoms with van der Waals surface area (Å²) in [6.45, 7) is 0.577. The van der Waals surface area contributed by atoms with Crippen LogP contribution in [0.25, 0.3) is 12.2 Å². The van der Waals surface area contributed by atoms with Crippen molar-refractivity contribution in [3.05, 3.63) is 95.1 Å². The average Bonchev–Trinajstić information content (AvgIpc) is 3.57. The molecule has 0 bridgehead atoms. The minimum atomic E-state index is -0.474. The van der Waals surface area contributed by atoms with Crippen molar-refractivity contribution in [2.45, 2.75) is 13.2 Å². The second kappa shape index (κ2) is 10.7. The van der Waals surface area contributed by atoms with Gasteiger partial charge in [0.15, 0.2) is 23.0 Å². The molecule has 8 nitrogen and oxygen atoms in total. The van der Waals surface area contributed by atoms with E-state index in [0.29, 0.717) is 23.0 Å². The molecule has 0 amide bonds. The number of ether oxygens (including phenoxy) is 6. The van der Waals surface area contributed by atoms with Gasteiger partial charge in [-0.3, -0.25) is 0 Å². The third-order valence-corrected chi connectivity index (χ3v) is 5.37. The van der Waals surface area contributed by atoms with Crippen molar-refractivity contribution in [3.63, 3.8) is 0 Å². The maximum absolute atomic E-state index is 12.1. The molecular formula is C28H22O8. The maximum atomic E-state index is 12.1. The highest BCUT2D eigenvalue weighted by molar-refractivity contribution is 5.87. The molecule has 0 atom stereocenters. The van der Waals surface area contributed by atoms with Crippen molar-refractivity contribution in [2.24, 2.45) is 0 Å². The molecule has 5 rings (SSSR count). The molecule has 3 aromatic carbocycles. The van der Waals surface area contributed by atoms with E-state index in [4.69, 9.17) is 28.4 Å². The average molecular weight is 486 g/mol. The van der Waals surface area contributed by atoms with Crippen molar-refractivity contribution in [1.82, 2.24) is 0 Å². The fourth-order valence-electron chi connectivity index (χ4n) is 3.58. The van der Waals surface area contributed by atoms with Crippen LogP contribution in [-0.4, -0.2) is 25.5 Å². The van der Waals surface area contributed by atoms with Gasteiger partial charge in [-0.1, -0.05) is 30.3 Å². The van der Waals surface area contributed by atoms with Gasteiger partial charge < -0.3 is 28.4 Å².